The average molecular weight is 361 g/mol. The molecule has 136 valence electrons. The highest BCUT2D eigenvalue weighted by molar-refractivity contribution is 6.01. The number of ether oxygens (including phenoxy) is 2. The molecule has 0 saturated carbocycles. The summed E-state index contributed by atoms with van der Waals surface area (Å²) in [6.45, 7) is 3.27. The molecule has 0 spiro atoms. The fourth-order valence-corrected chi connectivity index (χ4v) is 2.20. The summed E-state index contributed by atoms with van der Waals surface area (Å²) in [5.74, 6) is -1.87. The number of benzene rings is 2. The van der Waals surface area contributed by atoms with Crippen LogP contribution in [0.5, 0.6) is 5.75 Å². The van der Waals surface area contributed by atoms with Crippen molar-refractivity contribution in [2.45, 2.75) is 20.0 Å². The Labute approximate surface area is 148 Å². The van der Waals surface area contributed by atoms with Crippen LogP contribution in [0.25, 0.3) is 0 Å². The van der Waals surface area contributed by atoms with Gasteiger partial charge in [0, 0.05) is 11.6 Å². The van der Waals surface area contributed by atoms with Gasteiger partial charge in [-0.2, -0.15) is 0 Å². The number of hydrogen-bond donors (Lipinski definition) is 0. The summed E-state index contributed by atoms with van der Waals surface area (Å²) in [6, 6.07) is 8.45. The van der Waals surface area contributed by atoms with Gasteiger partial charge >= 0.3 is 11.7 Å². The maximum atomic E-state index is 12.9. The second-order valence-corrected chi connectivity index (χ2v) is 5.29. The number of hydrogen-bond acceptors (Lipinski definition) is 6. The fraction of sp³-hybridized carbons (Fsp3) is 0.222. The van der Waals surface area contributed by atoms with E-state index >= 15 is 0 Å². The highest BCUT2D eigenvalue weighted by Crippen LogP contribution is 2.28. The Balaban J connectivity index is 2.16. The van der Waals surface area contributed by atoms with Crippen LogP contribution in [0.1, 0.15) is 34.6 Å². The van der Waals surface area contributed by atoms with Crippen LogP contribution in [0.2, 0.25) is 0 Å². The van der Waals surface area contributed by atoms with Crippen LogP contribution in [-0.2, 0) is 4.74 Å². The van der Waals surface area contributed by atoms with Gasteiger partial charge in [-0.15, -0.1) is 0 Å². The maximum Gasteiger partial charge on any atom is 0.339 e. The third kappa shape index (κ3) is 4.41. The molecular weight excluding hydrogens is 345 g/mol. The minimum atomic E-state index is -1.14. The van der Waals surface area contributed by atoms with Gasteiger partial charge in [-0.25, -0.2) is 9.18 Å². The number of carbonyl (C=O) groups excluding carboxylic acids is 2. The van der Waals surface area contributed by atoms with E-state index in [4.69, 9.17) is 9.47 Å². The van der Waals surface area contributed by atoms with Crippen LogP contribution in [-0.4, -0.2) is 29.4 Å². The highest BCUT2D eigenvalue weighted by atomic mass is 19.1. The number of nitro benzene ring substituents is 1. The molecule has 0 bridgehead atoms. The van der Waals surface area contributed by atoms with Crippen molar-refractivity contribution in [2.24, 2.45) is 0 Å². The van der Waals surface area contributed by atoms with Crippen molar-refractivity contribution in [3.8, 4) is 5.75 Å². The van der Waals surface area contributed by atoms with E-state index in [0.717, 1.165) is 18.2 Å². The Morgan fingerprint density at radius 3 is 2.35 bits per heavy atom. The van der Waals surface area contributed by atoms with Gasteiger partial charge in [0.05, 0.1) is 17.1 Å². The van der Waals surface area contributed by atoms with Crippen LogP contribution in [0.15, 0.2) is 42.5 Å². The van der Waals surface area contributed by atoms with E-state index in [2.05, 4.69) is 0 Å². The van der Waals surface area contributed by atoms with Crippen molar-refractivity contribution in [2.75, 3.05) is 6.61 Å². The lowest BCUT2D eigenvalue weighted by atomic mass is 10.1. The van der Waals surface area contributed by atoms with Gasteiger partial charge in [-0.3, -0.25) is 14.9 Å². The predicted molar refractivity (Wildman–Crippen MR) is 89.9 cm³/mol. The van der Waals surface area contributed by atoms with E-state index in [9.17, 15) is 24.1 Å². The number of esters is 1. The van der Waals surface area contributed by atoms with Crippen molar-refractivity contribution in [1.82, 2.24) is 0 Å². The van der Waals surface area contributed by atoms with E-state index < -0.39 is 28.6 Å². The summed E-state index contributed by atoms with van der Waals surface area (Å²) in [7, 11) is 0. The minimum absolute atomic E-state index is 0.0319. The monoisotopic (exact) mass is 361 g/mol. The number of nitro groups is 1. The summed E-state index contributed by atoms with van der Waals surface area (Å²) in [4.78, 5) is 34.8. The first kappa shape index (κ1) is 19.0. The van der Waals surface area contributed by atoms with E-state index in [0.29, 0.717) is 0 Å². The van der Waals surface area contributed by atoms with Crippen molar-refractivity contribution in [3.05, 3.63) is 69.5 Å². The Hall–Kier alpha value is -3.29. The molecule has 0 amide bonds. The molecule has 0 unspecified atom stereocenters. The lowest BCUT2D eigenvalue weighted by Crippen LogP contribution is -2.24. The number of nitrogens with zero attached hydrogens (tertiary/aromatic N) is 1. The number of Topliss-reactive ketones (excluding diaryl/α,β-unsaturated/α-hetero) is 1. The molecule has 0 aliphatic rings. The van der Waals surface area contributed by atoms with Crippen LogP contribution in [0, 0.1) is 15.9 Å². The molecule has 2 aromatic rings. The third-order valence-electron chi connectivity index (χ3n) is 3.47. The molecule has 8 heteroatoms. The molecule has 2 aromatic carbocycles. The van der Waals surface area contributed by atoms with Gasteiger partial charge in [-0.1, -0.05) is 0 Å². The first-order valence-corrected chi connectivity index (χ1v) is 7.75. The summed E-state index contributed by atoms with van der Waals surface area (Å²) < 4.78 is 23.1. The molecule has 0 fully saturated rings. The van der Waals surface area contributed by atoms with Gasteiger partial charge in [0.2, 0.25) is 5.78 Å². The summed E-state index contributed by atoms with van der Waals surface area (Å²) >= 11 is 0. The Morgan fingerprint density at radius 1 is 1.15 bits per heavy atom. The zero-order chi connectivity index (χ0) is 19.3. The lowest BCUT2D eigenvalue weighted by Gasteiger charge is -2.13. The second kappa shape index (κ2) is 8.19. The second-order valence-electron chi connectivity index (χ2n) is 5.29. The van der Waals surface area contributed by atoms with Gasteiger partial charge in [-0.05, 0) is 50.2 Å². The topological polar surface area (TPSA) is 95.7 Å². The largest absolute Gasteiger partial charge is 0.487 e. The molecule has 0 aliphatic carbocycles. The van der Waals surface area contributed by atoms with Crippen molar-refractivity contribution in [1.29, 1.82) is 0 Å². The first-order valence-electron chi connectivity index (χ1n) is 7.75. The van der Waals surface area contributed by atoms with E-state index in [1.165, 1.54) is 31.2 Å². The van der Waals surface area contributed by atoms with Gasteiger partial charge in [0.15, 0.2) is 11.9 Å². The highest BCUT2D eigenvalue weighted by Gasteiger charge is 2.23. The number of carbonyl (C=O) groups is 2. The summed E-state index contributed by atoms with van der Waals surface area (Å²) in [5, 5.41) is 11.1. The molecule has 2 rings (SSSR count). The van der Waals surface area contributed by atoms with E-state index in [1.54, 1.807) is 6.92 Å². The average Bonchev–Trinajstić information content (AvgIpc) is 2.62. The number of ketones is 1. The first-order chi connectivity index (χ1) is 12.3. The molecule has 0 radical (unpaired) electrons. The van der Waals surface area contributed by atoms with Crippen molar-refractivity contribution >= 4 is 17.4 Å². The van der Waals surface area contributed by atoms with Gasteiger partial charge in [0.25, 0.3) is 0 Å². The SMILES string of the molecule is CCOc1ccc(C(=O)O[C@H](C)C(=O)c2ccc(F)cc2)cc1[N+](=O)[O-]. The fourth-order valence-electron chi connectivity index (χ4n) is 2.20. The molecule has 26 heavy (non-hydrogen) atoms. The van der Waals surface area contributed by atoms with Gasteiger partial charge in [0.1, 0.15) is 5.82 Å². The van der Waals surface area contributed by atoms with Crippen LogP contribution in [0.3, 0.4) is 0 Å². The van der Waals surface area contributed by atoms with E-state index in [1.807, 2.05) is 0 Å². The van der Waals surface area contributed by atoms with Crippen LogP contribution >= 0.6 is 0 Å². The molecule has 0 saturated heterocycles. The maximum absolute atomic E-state index is 12.9. The Bertz CT molecular complexity index is 834. The number of halogens is 1. The third-order valence-corrected chi connectivity index (χ3v) is 3.47. The van der Waals surface area contributed by atoms with E-state index in [-0.39, 0.29) is 29.2 Å². The quantitative estimate of drug-likeness (QED) is 0.324. The molecule has 7 nitrogen and oxygen atoms in total. The molecule has 0 aromatic heterocycles. The number of rotatable bonds is 7. The Morgan fingerprint density at radius 2 is 1.77 bits per heavy atom. The lowest BCUT2D eigenvalue weighted by molar-refractivity contribution is -0.385. The van der Waals surface area contributed by atoms with Crippen molar-refractivity contribution < 1.29 is 28.4 Å². The molecule has 0 aliphatic heterocycles. The van der Waals surface area contributed by atoms with Gasteiger partial charge < -0.3 is 9.47 Å². The smallest absolute Gasteiger partial charge is 0.339 e. The molecular formula is C18H16FNO6. The molecule has 0 heterocycles. The predicted octanol–water partition coefficient (Wildman–Crippen LogP) is 3.56. The minimum Gasteiger partial charge on any atom is -0.487 e. The normalized spacial score (nSPS) is 11.5. The van der Waals surface area contributed by atoms with Crippen molar-refractivity contribution in [3.63, 3.8) is 0 Å². The zero-order valence-corrected chi connectivity index (χ0v) is 14.1. The Kier molecular flexibility index (Phi) is 6.00. The summed E-state index contributed by atoms with van der Waals surface area (Å²) in [5.41, 5.74) is -0.276. The van der Waals surface area contributed by atoms with Crippen LogP contribution < -0.4 is 4.74 Å². The zero-order valence-electron chi connectivity index (χ0n) is 14.1. The molecule has 1 atom stereocenters. The summed E-state index contributed by atoms with van der Waals surface area (Å²) in [6.07, 6.45) is -1.14. The molecule has 0 N–H and O–H groups in total. The van der Waals surface area contributed by atoms with Crippen LogP contribution in [0.4, 0.5) is 10.1 Å². The standard InChI is InChI=1S/C18H16FNO6/c1-3-25-16-9-6-13(10-15(16)20(23)24)18(22)26-11(2)17(21)12-4-7-14(19)8-5-12/h4-11H,3H2,1-2H3/t11-/m1/s1.